The number of hydrogen-bond donors (Lipinski definition) is 0. The van der Waals surface area contributed by atoms with E-state index in [1.54, 1.807) is 0 Å². The lowest BCUT2D eigenvalue weighted by molar-refractivity contribution is 0.131. The van der Waals surface area contributed by atoms with Crippen LogP contribution in [-0.4, -0.2) is 61.1 Å². The molecule has 1 heterocycles. The molecule has 0 aromatic heterocycles. The van der Waals surface area contributed by atoms with Gasteiger partial charge >= 0.3 is 0 Å². The van der Waals surface area contributed by atoms with Gasteiger partial charge in [-0.15, -0.1) is 0 Å². The summed E-state index contributed by atoms with van der Waals surface area (Å²) in [4.78, 5) is 7.38. The Kier molecular flexibility index (Phi) is 4.68. The Morgan fingerprint density at radius 1 is 1.22 bits per heavy atom. The van der Waals surface area contributed by atoms with Crippen LogP contribution in [0.15, 0.2) is 12.3 Å². The van der Waals surface area contributed by atoms with E-state index >= 15 is 0 Å². The quantitative estimate of drug-likeness (QED) is 0.758. The van der Waals surface area contributed by atoms with Gasteiger partial charge in [-0.25, -0.2) is 0 Å². The van der Waals surface area contributed by atoms with Crippen molar-refractivity contribution in [3.05, 3.63) is 12.3 Å². The van der Waals surface area contributed by atoms with Gasteiger partial charge in [0, 0.05) is 31.4 Å². The Morgan fingerprint density at radius 3 is 2.39 bits per heavy atom. The highest BCUT2D eigenvalue weighted by atomic mass is 15.4. The van der Waals surface area contributed by atoms with Crippen LogP contribution in [0.1, 0.15) is 32.6 Å². The lowest BCUT2D eigenvalue weighted by Gasteiger charge is -2.35. The van der Waals surface area contributed by atoms with E-state index in [0.29, 0.717) is 0 Å². The van der Waals surface area contributed by atoms with Gasteiger partial charge in [-0.05, 0) is 52.6 Å². The van der Waals surface area contributed by atoms with Gasteiger partial charge in [-0.3, -0.25) is 4.90 Å². The smallest absolute Gasteiger partial charge is 0.0710 e. The SMILES string of the molecule is C=C1CN(C2CCC(CN(C)C)CC2)CN1CC. The second-order valence-electron chi connectivity index (χ2n) is 6.25. The molecular formula is C15H29N3. The molecule has 2 aliphatic rings. The van der Waals surface area contributed by atoms with Crippen LogP contribution in [0, 0.1) is 5.92 Å². The molecule has 0 unspecified atom stereocenters. The number of likely N-dealkylation sites (N-methyl/N-ethyl adjacent to an activating group) is 1. The van der Waals surface area contributed by atoms with Crippen LogP contribution < -0.4 is 0 Å². The third-order valence-electron chi connectivity index (χ3n) is 4.52. The summed E-state index contributed by atoms with van der Waals surface area (Å²) in [7, 11) is 4.38. The van der Waals surface area contributed by atoms with E-state index in [9.17, 15) is 0 Å². The van der Waals surface area contributed by atoms with E-state index in [4.69, 9.17) is 0 Å². The first kappa shape index (κ1) is 13.9. The molecule has 0 N–H and O–H groups in total. The molecule has 0 amide bonds. The molecule has 1 aliphatic carbocycles. The Morgan fingerprint density at radius 2 is 1.89 bits per heavy atom. The first-order valence-corrected chi connectivity index (χ1v) is 7.41. The standard InChI is InChI=1S/C15H29N3/c1-5-17-12-18(10-13(17)2)15-8-6-14(7-9-15)11-16(3)4/h14-15H,2,5-12H2,1,3-4H3. The molecule has 0 bridgehead atoms. The molecule has 2 fully saturated rings. The number of nitrogens with zero attached hydrogens (tertiary/aromatic N) is 3. The van der Waals surface area contributed by atoms with Gasteiger partial charge in [0.2, 0.25) is 0 Å². The topological polar surface area (TPSA) is 9.72 Å². The van der Waals surface area contributed by atoms with Crippen molar-refractivity contribution >= 4 is 0 Å². The van der Waals surface area contributed by atoms with Gasteiger partial charge in [-0.1, -0.05) is 6.58 Å². The molecule has 18 heavy (non-hydrogen) atoms. The summed E-state index contributed by atoms with van der Waals surface area (Å²) in [5.74, 6) is 0.921. The fraction of sp³-hybridized carbons (Fsp3) is 0.867. The van der Waals surface area contributed by atoms with Crippen molar-refractivity contribution in [3.63, 3.8) is 0 Å². The van der Waals surface area contributed by atoms with Gasteiger partial charge < -0.3 is 9.80 Å². The van der Waals surface area contributed by atoms with E-state index in [0.717, 1.165) is 31.7 Å². The molecule has 1 saturated heterocycles. The summed E-state index contributed by atoms with van der Waals surface area (Å²) in [6.45, 7) is 11.0. The molecule has 3 heteroatoms. The predicted octanol–water partition coefficient (Wildman–Crippen LogP) is 2.22. The van der Waals surface area contributed by atoms with Crippen LogP contribution in [0.2, 0.25) is 0 Å². The van der Waals surface area contributed by atoms with Crippen LogP contribution >= 0.6 is 0 Å². The Hall–Kier alpha value is -0.540. The van der Waals surface area contributed by atoms with Crippen molar-refractivity contribution in [2.24, 2.45) is 5.92 Å². The molecule has 104 valence electrons. The highest BCUT2D eigenvalue weighted by Crippen LogP contribution is 2.30. The van der Waals surface area contributed by atoms with E-state index in [1.807, 2.05) is 0 Å². The van der Waals surface area contributed by atoms with Gasteiger partial charge in [0.25, 0.3) is 0 Å². The van der Waals surface area contributed by atoms with Crippen molar-refractivity contribution in [2.45, 2.75) is 38.6 Å². The molecule has 0 radical (unpaired) electrons. The third-order valence-corrected chi connectivity index (χ3v) is 4.52. The molecule has 0 spiro atoms. The highest BCUT2D eigenvalue weighted by molar-refractivity contribution is 5.03. The second-order valence-corrected chi connectivity index (χ2v) is 6.25. The predicted molar refractivity (Wildman–Crippen MR) is 77.4 cm³/mol. The minimum atomic E-state index is 0.803. The monoisotopic (exact) mass is 251 g/mol. The van der Waals surface area contributed by atoms with Crippen molar-refractivity contribution < 1.29 is 0 Å². The average molecular weight is 251 g/mol. The number of hydrogen-bond acceptors (Lipinski definition) is 3. The van der Waals surface area contributed by atoms with Crippen molar-refractivity contribution in [3.8, 4) is 0 Å². The van der Waals surface area contributed by atoms with Crippen molar-refractivity contribution in [1.29, 1.82) is 0 Å². The van der Waals surface area contributed by atoms with Crippen LogP contribution in [0.3, 0.4) is 0 Å². The maximum atomic E-state index is 4.18. The highest BCUT2D eigenvalue weighted by Gasteiger charge is 2.31. The molecule has 0 aromatic carbocycles. The van der Waals surface area contributed by atoms with Crippen molar-refractivity contribution in [2.75, 3.05) is 40.4 Å². The summed E-state index contributed by atoms with van der Waals surface area (Å²) in [5.41, 5.74) is 1.31. The fourth-order valence-corrected chi connectivity index (χ4v) is 3.48. The van der Waals surface area contributed by atoms with Crippen LogP contribution in [-0.2, 0) is 0 Å². The number of rotatable bonds is 4. The van der Waals surface area contributed by atoms with Crippen molar-refractivity contribution in [1.82, 2.24) is 14.7 Å². The Balaban J connectivity index is 1.78. The van der Waals surface area contributed by atoms with Gasteiger partial charge in [0.15, 0.2) is 0 Å². The van der Waals surface area contributed by atoms with Gasteiger partial charge in [-0.2, -0.15) is 0 Å². The molecule has 0 atom stereocenters. The van der Waals surface area contributed by atoms with Crippen LogP contribution in [0.5, 0.6) is 0 Å². The summed E-state index contributed by atoms with van der Waals surface area (Å²) >= 11 is 0. The van der Waals surface area contributed by atoms with E-state index in [2.05, 4.69) is 42.3 Å². The van der Waals surface area contributed by atoms with E-state index in [1.165, 1.54) is 37.9 Å². The summed E-state index contributed by atoms with van der Waals surface area (Å²) in [6, 6.07) is 0.803. The van der Waals surface area contributed by atoms with Gasteiger partial charge in [0.1, 0.15) is 0 Å². The van der Waals surface area contributed by atoms with E-state index in [-0.39, 0.29) is 0 Å². The third kappa shape index (κ3) is 3.27. The largest absolute Gasteiger partial charge is 0.361 e. The first-order valence-electron chi connectivity index (χ1n) is 7.41. The summed E-state index contributed by atoms with van der Waals surface area (Å²) in [6.07, 6.45) is 5.56. The minimum Gasteiger partial charge on any atom is -0.361 e. The molecule has 1 saturated carbocycles. The lowest BCUT2D eigenvalue weighted by Crippen LogP contribution is -2.39. The van der Waals surface area contributed by atoms with Gasteiger partial charge in [0.05, 0.1) is 6.67 Å². The minimum absolute atomic E-state index is 0.803. The summed E-state index contributed by atoms with van der Waals surface area (Å²) in [5, 5.41) is 0. The second kappa shape index (κ2) is 6.07. The normalized spacial score (nSPS) is 30.4. The zero-order valence-corrected chi connectivity index (χ0v) is 12.4. The van der Waals surface area contributed by atoms with E-state index < -0.39 is 0 Å². The lowest BCUT2D eigenvalue weighted by atomic mass is 9.85. The Labute approximate surface area is 112 Å². The fourth-order valence-electron chi connectivity index (χ4n) is 3.48. The maximum Gasteiger partial charge on any atom is 0.0710 e. The molecule has 2 rings (SSSR count). The molecule has 0 aromatic rings. The molecular weight excluding hydrogens is 222 g/mol. The molecule has 1 aliphatic heterocycles. The zero-order valence-electron chi connectivity index (χ0n) is 12.4. The van der Waals surface area contributed by atoms with Crippen LogP contribution in [0.25, 0.3) is 0 Å². The molecule has 3 nitrogen and oxygen atoms in total. The summed E-state index contributed by atoms with van der Waals surface area (Å²) < 4.78 is 0. The van der Waals surface area contributed by atoms with Crippen LogP contribution in [0.4, 0.5) is 0 Å². The first-order chi connectivity index (χ1) is 8.60. The maximum absolute atomic E-state index is 4.18. The zero-order chi connectivity index (χ0) is 13.1. The average Bonchev–Trinajstić information content (AvgIpc) is 2.71. The Bertz CT molecular complexity index is 279.